The molecule has 2 nitrogen and oxygen atoms in total. The molecule has 48 valence electrons. The molecule has 0 aliphatic heterocycles. The summed E-state index contributed by atoms with van der Waals surface area (Å²) >= 11 is 0. The van der Waals surface area contributed by atoms with Crippen LogP contribution >= 0.6 is 0 Å². The van der Waals surface area contributed by atoms with E-state index in [9.17, 15) is 0 Å². The quantitative estimate of drug-likeness (QED) is 0.404. The molecule has 3 heteroatoms. The van der Waals surface area contributed by atoms with Crippen LogP contribution in [0.3, 0.4) is 0 Å². The fraction of sp³-hybridized carbons (Fsp3) is 1.00. The van der Waals surface area contributed by atoms with Crippen molar-refractivity contribution in [2.75, 3.05) is 13.2 Å². The van der Waals surface area contributed by atoms with Crippen LogP contribution in [-0.2, 0) is 0 Å². The van der Waals surface area contributed by atoms with E-state index in [0.717, 1.165) is 19.3 Å². The maximum atomic E-state index is 8.21. The summed E-state index contributed by atoms with van der Waals surface area (Å²) in [5.74, 6) is 0. The van der Waals surface area contributed by atoms with Gasteiger partial charge in [0.15, 0.2) is 0 Å². The van der Waals surface area contributed by atoms with Crippen LogP contribution in [0.1, 0.15) is 19.3 Å². The van der Waals surface area contributed by atoms with Crippen LogP contribution in [0.25, 0.3) is 0 Å². The van der Waals surface area contributed by atoms with E-state index in [2.05, 4.69) is 0 Å². The van der Waals surface area contributed by atoms with Gasteiger partial charge in [-0.2, -0.15) is 0 Å². The van der Waals surface area contributed by atoms with E-state index >= 15 is 0 Å². The molecule has 0 aromatic rings. The fourth-order valence-electron chi connectivity index (χ4n) is 0.400. The van der Waals surface area contributed by atoms with Crippen molar-refractivity contribution < 1.29 is 10.2 Å². The first-order valence-electron chi connectivity index (χ1n) is 2.63. The third kappa shape index (κ3) is 10.2. The van der Waals surface area contributed by atoms with Gasteiger partial charge in [0.25, 0.3) is 0 Å². The molecule has 0 bridgehead atoms. The molecule has 0 heterocycles. The van der Waals surface area contributed by atoms with E-state index in [-0.39, 0.29) is 51.0 Å². The summed E-state index contributed by atoms with van der Waals surface area (Å²) in [6.45, 7) is 0.500. The second kappa shape index (κ2) is 11.0. The van der Waals surface area contributed by atoms with Crippen molar-refractivity contribution in [2.24, 2.45) is 0 Å². The maximum absolute atomic E-state index is 8.21. The standard InChI is InChI=1S/C5H12O2.Ca.2H/c6-4-2-1-3-5-7;;;/h6-7H,1-5H2;;;. The summed E-state index contributed by atoms with van der Waals surface area (Å²) < 4.78 is 0. The van der Waals surface area contributed by atoms with Gasteiger partial charge in [-0.05, 0) is 19.3 Å². The monoisotopic (exact) mass is 146 g/mol. The van der Waals surface area contributed by atoms with Gasteiger partial charge in [0.2, 0.25) is 0 Å². The summed E-state index contributed by atoms with van der Waals surface area (Å²) in [7, 11) is 0. The zero-order valence-electron chi connectivity index (χ0n) is 4.43. The summed E-state index contributed by atoms with van der Waals surface area (Å²) in [4.78, 5) is 0. The van der Waals surface area contributed by atoms with E-state index < -0.39 is 0 Å². The Hall–Kier alpha value is 1.18. The van der Waals surface area contributed by atoms with E-state index in [1.54, 1.807) is 0 Å². The van der Waals surface area contributed by atoms with Gasteiger partial charge in [0, 0.05) is 13.2 Å². The number of unbranched alkanes of at least 4 members (excludes halogenated alkanes) is 2. The van der Waals surface area contributed by atoms with Gasteiger partial charge >= 0.3 is 37.7 Å². The third-order valence-electron chi connectivity index (χ3n) is 0.816. The Balaban J connectivity index is 0. The average Bonchev–Trinajstić information content (AvgIpc) is 1.69. The van der Waals surface area contributed by atoms with Crippen molar-refractivity contribution in [3.63, 3.8) is 0 Å². The van der Waals surface area contributed by atoms with Gasteiger partial charge in [0.1, 0.15) is 0 Å². The Bertz CT molecular complexity index is 29.6. The van der Waals surface area contributed by atoms with Crippen molar-refractivity contribution in [1.82, 2.24) is 0 Å². The summed E-state index contributed by atoms with van der Waals surface area (Å²) in [5.41, 5.74) is 0. The number of rotatable bonds is 4. The van der Waals surface area contributed by atoms with Crippen LogP contribution in [0.4, 0.5) is 0 Å². The molecule has 8 heavy (non-hydrogen) atoms. The zero-order valence-corrected chi connectivity index (χ0v) is 4.43. The molecular formula is C5H14CaO2. The Morgan fingerprint density at radius 2 is 1.12 bits per heavy atom. The molecule has 0 atom stereocenters. The van der Waals surface area contributed by atoms with Crippen LogP contribution in [0, 0.1) is 0 Å². The predicted molar refractivity (Wildman–Crippen MR) is 36.6 cm³/mol. The Morgan fingerprint density at radius 1 is 0.750 bits per heavy atom. The van der Waals surface area contributed by atoms with Crippen molar-refractivity contribution in [1.29, 1.82) is 0 Å². The molecule has 0 unspecified atom stereocenters. The first kappa shape index (κ1) is 11.9. The van der Waals surface area contributed by atoms with Crippen molar-refractivity contribution in [2.45, 2.75) is 19.3 Å². The van der Waals surface area contributed by atoms with E-state index in [0.29, 0.717) is 0 Å². The van der Waals surface area contributed by atoms with E-state index in [1.807, 2.05) is 0 Å². The fourth-order valence-corrected chi connectivity index (χ4v) is 0.400. The van der Waals surface area contributed by atoms with E-state index in [1.165, 1.54) is 0 Å². The van der Waals surface area contributed by atoms with E-state index in [4.69, 9.17) is 10.2 Å². The Kier molecular flexibility index (Phi) is 16.4. The molecular weight excluding hydrogens is 132 g/mol. The van der Waals surface area contributed by atoms with Gasteiger partial charge in [-0.3, -0.25) is 0 Å². The second-order valence-corrected chi connectivity index (χ2v) is 1.51. The van der Waals surface area contributed by atoms with Gasteiger partial charge in [0.05, 0.1) is 0 Å². The molecule has 0 aliphatic rings. The van der Waals surface area contributed by atoms with Gasteiger partial charge in [-0.15, -0.1) is 0 Å². The SMILES string of the molecule is OCCCCCO.[CaH2]. The van der Waals surface area contributed by atoms with Crippen molar-refractivity contribution in [3.05, 3.63) is 0 Å². The normalized spacial score (nSPS) is 8.25. The van der Waals surface area contributed by atoms with Crippen LogP contribution in [-0.4, -0.2) is 61.2 Å². The molecule has 0 fully saturated rings. The number of hydrogen-bond acceptors (Lipinski definition) is 2. The molecule has 0 saturated carbocycles. The first-order chi connectivity index (χ1) is 3.41. The van der Waals surface area contributed by atoms with Crippen molar-refractivity contribution in [3.8, 4) is 0 Å². The molecule has 0 aromatic heterocycles. The molecule has 0 spiro atoms. The van der Waals surface area contributed by atoms with Gasteiger partial charge in [-0.1, -0.05) is 0 Å². The van der Waals surface area contributed by atoms with Crippen molar-refractivity contribution >= 4 is 37.7 Å². The minimum atomic E-state index is 0. The topological polar surface area (TPSA) is 40.5 Å². The molecule has 2 N–H and O–H groups in total. The van der Waals surface area contributed by atoms with Crippen LogP contribution in [0.2, 0.25) is 0 Å². The van der Waals surface area contributed by atoms with Gasteiger partial charge < -0.3 is 10.2 Å². The molecule has 0 rings (SSSR count). The predicted octanol–water partition coefficient (Wildman–Crippen LogP) is -0.775. The van der Waals surface area contributed by atoms with Crippen LogP contribution in [0.5, 0.6) is 0 Å². The van der Waals surface area contributed by atoms with Crippen LogP contribution in [0.15, 0.2) is 0 Å². The average molecular weight is 146 g/mol. The number of aliphatic hydroxyl groups excluding tert-OH is 2. The summed E-state index contributed by atoms with van der Waals surface area (Å²) in [5, 5.41) is 16.4. The summed E-state index contributed by atoms with van der Waals surface area (Å²) in [6, 6.07) is 0. The molecule has 0 saturated heterocycles. The molecule has 0 radical (unpaired) electrons. The molecule has 0 aromatic carbocycles. The summed E-state index contributed by atoms with van der Waals surface area (Å²) in [6.07, 6.45) is 2.58. The Morgan fingerprint density at radius 3 is 1.38 bits per heavy atom. The second-order valence-electron chi connectivity index (χ2n) is 1.51. The molecule has 0 amide bonds. The zero-order chi connectivity index (χ0) is 5.54. The number of hydrogen-bond donors (Lipinski definition) is 2. The first-order valence-corrected chi connectivity index (χ1v) is 2.63. The molecule has 0 aliphatic carbocycles. The Labute approximate surface area is 79.9 Å². The van der Waals surface area contributed by atoms with Crippen LogP contribution < -0.4 is 0 Å². The third-order valence-corrected chi connectivity index (χ3v) is 0.816. The minimum absolute atomic E-state index is 0. The van der Waals surface area contributed by atoms with Gasteiger partial charge in [-0.25, -0.2) is 0 Å². The number of aliphatic hydroxyl groups is 2.